The van der Waals surface area contributed by atoms with Gasteiger partial charge in [-0.3, -0.25) is 9.59 Å². The van der Waals surface area contributed by atoms with Gasteiger partial charge in [-0.1, -0.05) is 49.6 Å². The lowest BCUT2D eigenvalue weighted by atomic mass is 9.95. The number of carbonyl (C=O) groups excluding carboxylic acids is 2. The molecule has 1 fully saturated rings. The Kier molecular flexibility index (Phi) is 6.87. The molecule has 31 heavy (non-hydrogen) atoms. The highest BCUT2D eigenvalue weighted by Gasteiger charge is 2.16. The molecule has 5 nitrogen and oxygen atoms in total. The zero-order valence-corrected chi connectivity index (χ0v) is 18.8. The summed E-state index contributed by atoms with van der Waals surface area (Å²) in [6.07, 6.45) is 5.70. The number of amides is 2. The quantitative estimate of drug-likeness (QED) is 0.476. The van der Waals surface area contributed by atoms with E-state index in [0.717, 1.165) is 28.1 Å². The first-order chi connectivity index (χ1) is 15.1. The summed E-state index contributed by atoms with van der Waals surface area (Å²) in [5.41, 5.74) is 1.22. The number of halogens is 1. The Morgan fingerprint density at radius 1 is 0.935 bits per heavy atom. The first kappa shape index (κ1) is 21.4. The lowest BCUT2D eigenvalue weighted by Gasteiger charge is -2.22. The summed E-state index contributed by atoms with van der Waals surface area (Å²) < 4.78 is 6.53. The molecule has 0 aromatic heterocycles. The van der Waals surface area contributed by atoms with Crippen LogP contribution in [0.4, 0.5) is 5.69 Å². The van der Waals surface area contributed by atoms with E-state index in [1.54, 1.807) is 24.3 Å². The molecular formula is C25H25BrN2O3. The van der Waals surface area contributed by atoms with E-state index in [9.17, 15) is 9.59 Å². The van der Waals surface area contributed by atoms with E-state index in [0.29, 0.717) is 17.0 Å². The van der Waals surface area contributed by atoms with E-state index >= 15 is 0 Å². The van der Waals surface area contributed by atoms with Crippen LogP contribution in [0.2, 0.25) is 0 Å². The van der Waals surface area contributed by atoms with Crippen LogP contribution in [0.15, 0.2) is 65.1 Å². The molecule has 1 saturated carbocycles. The minimum atomic E-state index is -0.264. The molecule has 2 amide bonds. The number of carbonyl (C=O) groups is 2. The van der Waals surface area contributed by atoms with E-state index in [1.165, 1.54) is 19.3 Å². The van der Waals surface area contributed by atoms with Gasteiger partial charge < -0.3 is 15.4 Å². The molecular weight excluding hydrogens is 456 g/mol. The second kappa shape index (κ2) is 9.96. The van der Waals surface area contributed by atoms with Gasteiger partial charge in [-0.25, -0.2) is 0 Å². The normalized spacial score (nSPS) is 14.2. The van der Waals surface area contributed by atoms with E-state index in [1.807, 2.05) is 36.4 Å². The van der Waals surface area contributed by atoms with Crippen molar-refractivity contribution in [2.45, 2.75) is 38.1 Å². The smallest absolute Gasteiger partial charge is 0.262 e. The fourth-order valence-corrected chi connectivity index (χ4v) is 4.49. The van der Waals surface area contributed by atoms with Gasteiger partial charge in [0, 0.05) is 17.3 Å². The Labute approximate surface area is 190 Å². The summed E-state index contributed by atoms with van der Waals surface area (Å²) in [7, 11) is 0. The second-order valence-electron chi connectivity index (χ2n) is 7.82. The number of hydrogen-bond donors (Lipinski definition) is 2. The molecule has 3 aromatic carbocycles. The summed E-state index contributed by atoms with van der Waals surface area (Å²) >= 11 is 3.56. The van der Waals surface area contributed by atoms with Crippen molar-refractivity contribution in [2.75, 3.05) is 11.9 Å². The summed E-state index contributed by atoms with van der Waals surface area (Å²) in [5.74, 6) is 0.289. The minimum absolute atomic E-state index is 0.0609. The molecule has 0 unspecified atom stereocenters. The number of ether oxygens (including phenoxy) is 1. The average Bonchev–Trinajstić information content (AvgIpc) is 2.80. The predicted molar refractivity (Wildman–Crippen MR) is 127 cm³/mol. The van der Waals surface area contributed by atoms with Crippen LogP contribution >= 0.6 is 15.9 Å². The van der Waals surface area contributed by atoms with Crippen LogP contribution in [0.5, 0.6) is 5.75 Å². The highest BCUT2D eigenvalue weighted by Crippen LogP contribution is 2.33. The monoisotopic (exact) mass is 480 g/mol. The van der Waals surface area contributed by atoms with Gasteiger partial charge in [0.2, 0.25) is 0 Å². The lowest BCUT2D eigenvalue weighted by molar-refractivity contribution is -0.118. The molecule has 0 bridgehead atoms. The van der Waals surface area contributed by atoms with Gasteiger partial charge in [0.05, 0.1) is 4.47 Å². The van der Waals surface area contributed by atoms with Crippen molar-refractivity contribution in [3.63, 3.8) is 0 Å². The van der Waals surface area contributed by atoms with Crippen LogP contribution in [0.3, 0.4) is 0 Å². The minimum Gasteiger partial charge on any atom is -0.483 e. The predicted octanol–water partition coefficient (Wildman–Crippen LogP) is 5.68. The fraction of sp³-hybridized carbons (Fsp3) is 0.280. The van der Waals surface area contributed by atoms with E-state index in [4.69, 9.17) is 4.74 Å². The summed E-state index contributed by atoms with van der Waals surface area (Å²) in [6.45, 7) is -0.110. The van der Waals surface area contributed by atoms with Crippen molar-refractivity contribution in [1.29, 1.82) is 0 Å². The Balaban J connectivity index is 1.30. The number of benzene rings is 3. The maximum absolute atomic E-state index is 12.4. The Hall–Kier alpha value is -2.86. The number of anilines is 1. The number of fused-ring (bicyclic) bond motifs is 1. The Morgan fingerprint density at radius 3 is 2.45 bits per heavy atom. The van der Waals surface area contributed by atoms with Crippen molar-refractivity contribution in [1.82, 2.24) is 5.32 Å². The molecule has 1 aliphatic rings. The second-order valence-corrected chi connectivity index (χ2v) is 8.61. The lowest BCUT2D eigenvalue weighted by Crippen LogP contribution is -2.36. The molecule has 0 aliphatic heterocycles. The average molecular weight is 481 g/mol. The van der Waals surface area contributed by atoms with Gasteiger partial charge in [0.15, 0.2) is 6.61 Å². The largest absolute Gasteiger partial charge is 0.483 e. The van der Waals surface area contributed by atoms with Gasteiger partial charge in [0.1, 0.15) is 5.75 Å². The molecule has 0 saturated heterocycles. The van der Waals surface area contributed by atoms with Gasteiger partial charge in [0.25, 0.3) is 11.8 Å². The third-order valence-electron chi connectivity index (χ3n) is 5.56. The molecule has 0 spiro atoms. The molecule has 3 aromatic rings. The van der Waals surface area contributed by atoms with E-state index < -0.39 is 0 Å². The standard InChI is InChI=1S/C25H25BrN2O3/c26-24-21-9-5-4-6-17(21)12-15-22(24)31-16-23(29)27-20-13-10-18(11-14-20)25(30)28-19-7-2-1-3-8-19/h4-6,9-15,19H,1-3,7-8,16H2,(H,27,29)(H,28,30). The molecule has 0 heterocycles. The van der Waals surface area contributed by atoms with Crippen molar-refractivity contribution < 1.29 is 14.3 Å². The topological polar surface area (TPSA) is 67.4 Å². The maximum atomic E-state index is 12.4. The van der Waals surface area contributed by atoms with Gasteiger partial charge in [-0.15, -0.1) is 0 Å². The Morgan fingerprint density at radius 2 is 1.68 bits per heavy atom. The zero-order valence-electron chi connectivity index (χ0n) is 17.2. The van der Waals surface area contributed by atoms with Gasteiger partial charge in [-0.2, -0.15) is 0 Å². The van der Waals surface area contributed by atoms with Crippen molar-refractivity contribution >= 4 is 44.2 Å². The highest BCUT2D eigenvalue weighted by molar-refractivity contribution is 9.10. The maximum Gasteiger partial charge on any atom is 0.262 e. The van der Waals surface area contributed by atoms with Crippen molar-refractivity contribution in [2.24, 2.45) is 0 Å². The fourth-order valence-electron chi connectivity index (χ4n) is 3.89. The van der Waals surface area contributed by atoms with Gasteiger partial charge in [-0.05, 0) is 69.9 Å². The third-order valence-corrected chi connectivity index (χ3v) is 6.38. The summed E-state index contributed by atoms with van der Waals surface area (Å²) in [6, 6.07) is 19.0. The van der Waals surface area contributed by atoms with Crippen molar-refractivity contribution in [3.05, 3.63) is 70.7 Å². The molecule has 160 valence electrons. The van der Waals surface area contributed by atoms with Crippen LogP contribution in [-0.2, 0) is 4.79 Å². The summed E-state index contributed by atoms with van der Waals surface area (Å²) in [4.78, 5) is 24.7. The number of hydrogen-bond acceptors (Lipinski definition) is 3. The molecule has 1 aliphatic carbocycles. The Bertz CT molecular complexity index is 1080. The highest BCUT2D eigenvalue weighted by atomic mass is 79.9. The first-order valence-electron chi connectivity index (χ1n) is 10.6. The third kappa shape index (κ3) is 5.44. The van der Waals surface area contributed by atoms with Crippen LogP contribution in [-0.4, -0.2) is 24.5 Å². The van der Waals surface area contributed by atoms with Crippen LogP contribution in [0.25, 0.3) is 10.8 Å². The van der Waals surface area contributed by atoms with E-state index in [-0.39, 0.29) is 24.5 Å². The number of nitrogens with one attached hydrogen (secondary N) is 2. The molecule has 0 atom stereocenters. The van der Waals surface area contributed by atoms with Crippen molar-refractivity contribution in [3.8, 4) is 5.75 Å². The van der Waals surface area contributed by atoms with Gasteiger partial charge >= 0.3 is 0 Å². The molecule has 0 radical (unpaired) electrons. The molecule has 2 N–H and O–H groups in total. The first-order valence-corrected chi connectivity index (χ1v) is 11.4. The number of rotatable bonds is 6. The van der Waals surface area contributed by atoms with Crippen LogP contribution < -0.4 is 15.4 Å². The van der Waals surface area contributed by atoms with Crippen LogP contribution in [0.1, 0.15) is 42.5 Å². The van der Waals surface area contributed by atoms with Crippen LogP contribution in [0, 0.1) is 0 Å². The molecule has 6 heteroatoms. The summed E-state index contributed by atoms with van der Waals surface area (Å²) in [5, 5.41) is 8.03. The SMILES string of the molecule is O=C(COc1ccc2ccccc2c1Br)Nc1ccc(C(=O)NC2CCCCC2)cc1. The van der Waals surface area contributed by atoms with E-state index in [2.05, 4.69) is 26.6 Å². The molecule has 4 rings (SSSR count). The zero-order chi connectivity index (χ0) is 21.6.